The molecule has 4 nitrogen and oxygen atoms in total. The van der Waals surface area contributed by atoms with E-state index < -0.39 is 6.03 Å². The zero-order chi connectivity index (χ0) is 13.9. The molecule has 1 aromatic heterocycles. The fourth-order valence-electron chi connectivity index (χ4n) is 2.15. The number of nitrogens with one attached hydrogen (secondary N) is 1. The van der Waals surface area contributed by atoms with E-state index >= 15 is 0 Å². The molecular formula is C16H13N3O. The van der Waals surface area contributed by atoms with Crippen LogP contribution in [0.5, 0.6) is 0 Å². The van der Waals surface area contributed by atoms with Crippen LogP contribution in [0, 0.1) is 0 Å². The number of rotatable bonds is 2. The molecular weight excluding hydrogens is 250 g/mol. The van der Waals surface area contributed by atoms with Crippen LogP contribution in [-0.4, -0.2) is 11.0 Å². The van der Waals surface area contributed by atoms with Gasteiger partial charge in [0.25, 0.3) is 0 Å². The predicted octanol–water partition coefficient (Wildman–Crippen LogP) is 3.39. The van der Waals surface area contributed by atoms with Crippen molar-refractivity contribution >= 4 is 22.6 Å². The number of para-hydroxylation sites is 1. The van der Waals surface area contributed by atoms with E-state index in [0.717, 1.165) is 22.0 Å². The zero-order valence-electron chi connectivity index (χ0n) is 10.7. The van der Waals surface area contributed by atoms with E-state index in [1.165, 1.54) is 0 Å². The van der Waals surface area contributed by atoms with Crippen LogP contribution in [0.3, 0.4) is 0 Å². The van der Waals surface area contributed by atoms with E-state index in [1.807, 2.05) is 48.7 Å². The molecule has 0 radical (unpaired) electrons. The molecule has 0 bridgehead atoms. The van der Waals surface area contributed by atoms with Gasteiger partial charge in [0.05, 0.1) is 5.52 Å². The van der Waals surface area contributed by atoms with Gasteiger partial charge in [-0.25, -0.2) is 4.79 Å². The summed E-state index contributed by atoms with van der Waals surface area (Å²) in [6.45, 7) is 0. The highest BCUT2D eigenvalue weighted by Gasteiger charge is 2.03. The Kier molecular flexibility index (Phi) is 3.05. The van der Waals surface area contributed by atoms with Gasteiger partial charge in [0, 0.05) is 22.8 Å². The maximum Gasteiger partial charge on any atom is 0.316 e. The normalized spacial score (nSPS) is 10.4. The van der Waals surface area contributed by atoms with Crippen molar-refractivity contribution in [2.75, 3.05) is 5.32 Å². The van der Waals surface area contributed by atoms with Crippen LogP contribution in [0.1, 0.15) is 0 Å². The summed E-state index contributed by atoms with van der Waals surface area (Å²) in [4.78, 5) is 15.3. The third-order valence-corrected chi connectivity index (χ3v) is 3.05. The Labute approximate surface area is 116 Å². The van der Waals surface area contributed by atoms with Gasteiger partial charge in [-0.1, -0.05) is 30.3 Å². The van der Waals surface area contributed by atoms with Gasteiger partial charge in [-0.3, -0.25) is 4.98 Å². The monoisotopic (exact) mass is 263 g/mol. The summed E-state index contributed by atoms with van der Waals surface area (Å²) >= 11 is 0. The van der Waals surface area contributed by atoms with Gasteiger partial charge >= 0.3 is 6.03 Å². The maximum atomic E-state index is 10.9. The standard InChI is InChI=1S/C16H13N3O/c17-16(20)19-14-6-3-5-11(9-14)13-8-12-4-1-2-7-15(12)18-10-13/h1-10H,(H3,17,19,20). The van der Waals surface area contributed by atoms with Crippen LogP contribution >= 0.6 is 0 Å². The number of benzene rings is 2. The highest BCUT2D eigenvalue weighted by molar-refractivity contribution is 5.89. The number of urea groups is 1. The lowest BCUT2D eigenvalue weighted by molar-refractivity contribution is 0.259. The lowest BCUT2D eigenvalue weighted by atomic mass is 10.0. The highest BCUT2D eigenvalue weighted by atomic mass is 16.2. The first-order valence-corrected chi connectivity index (χ1v) is 6.24. The SMILES string of the molecule is NC(=O)Nc1cccc(-c2cnc3ccccc3c2)c1. The number of nitrogens with zero attached hydrogens (tertiary/aromatic N) is 1. The molecule has 3 rings (SSSR count). The molecule has 0 saturated carbocycles. The second kappa shape index (κ2) is 5.01. The van der Waals surface area contributed by atoms with E-state index in [0.29, 0.717) is 5.69 Å². The first-order valence-electron chi connectivity index (χ1n) is 6.24. The van der Waals surface area contributed by atoms with Crippen molar-refractivity contribution < 1.29 is 4.79 Å². The van der Waals surface area contributed by atoms with E-state index in [-0.39, 0.29) is 0 Å². The van der Waals surface area contributed by atoms with Gasteiger partial charge in [-0.15, -0.1) is 0 Å². The average Bonchev–Trinajstić information content (AvgIpc) is 2.46. The number of hydrogen-bond acceptors (Lipinski definition) is 2. The number of fused-ring (bicyclic) bond motifs is 1. The molecule has 98 valence electrons. The number of nitrogens with two attached hydrogens (primary N) is 1. The Bertz CT molecular complexity index is 783. The van der Waals surface area contributed by atoms with Crippen molar-refractivity contribution in [3.8, 4) is 11.1 Å². The average molecular weight is 263 g/mol. The summed E-state index contributed by atoms with van der Waals surface area (Å²) in [5, 5.41) is 3.65. The largest absolute Gasteiger partial charge is 0.351 e. The number of carbonyl (C=O) groups is 1. The molecule has 0 aliphatic rings. The minimum Gasteiger partial charge on any atom is -0.351 e. The van der Waals surface area contributed by atoms with E-state index in [1.54, 1.807) is 6.07 Å². The Balaban J connectivity index is 2.03. The quantitative estimate of drug-likeness (QED) is 0.744. The van der Waals surface area contributed by atoms with Crippen molar-refractivity contribution in [1.29, 1.82) is 0 Å². The molecule has 0 saturated heterocycles. The molecule has 0 aliphatic carbocycles. The van der Waals surface area contributed by atoms with Crippen LogP contribution < -0.4 is 11.1 Å². The Morgan fingerprint density at radius 3 is 2.70 bits per heavy atom. The number of primary amides is 1. The fourth-order valence-corrected chi connectivity index (χ4v) is 2.15. The second-order valence-corrected chi connectivity index (χ2v) is 4.49. The van der Waals surface area contributed by atoms with E-state index in [4.69, 9.17) is 5.73 Å². The van der Waals surface area contributed by atoms with Crippen LogP contribution in [0.25, 0.3) is 22.0 Å². The van der Waals surface area contributed by atoms with Crippen molar-refractivity contribution in [2.24, 2.45) is 5.73 Å². The molecule has 0 fully saturated rings. The summed E-state index contributed by atoms with van der Waals surface area (Å²) in [5.74, 6) is 0. The molecule has 0 atom stereocenters. The minimum absolute atomic E-state index is 0.571. The summed E-state index contributed by atoms with van der Waals surface area (Å²) in [6.07, 6.45) is 1.83. The van der Waals surface area contributed by atoms with Crippen LogP contribution in [-0.2, 0) is 0 Å². The van der Waals surface area contributed by atoms with Gasteiger partial charge in [-0.05, 0) is 29.8 Å². The van der Waals surface area contributed by atoms with Gasteiger partial charge in [0.1, 0.15) is 0 Å². The van der Waals surface area contributed by atoms with Crippen LogP contribution in [0.2, 0.25) is 0 Å². The first-order chi connectivity index (χ1) is 9.72. The van der Waals surface area contributed by atoms with E-state index in [2.05, 4.69) is 16.4 Å². The molecule has 1 heterocycles. The second-order valence-electron chi connectivity index (χ2n) is 4.49. The Hall–Kier alpha value is -2.88. The first kappa shape index (κ1) is 12.2. The lowest BCUT2D eigenvalue weighted by Gasteiger charge is -2.06. The molecule has 0 aliphatic heterocycles. The third kappa shape index (κ3) is 2.44. The number of hydrogen-bond donors (Lipinski definition) is 2. The number of anilines is 1. The van der Waals surface area contributed by atoms with Crippen molar-refractivity contribution in [1.82, 2.24) is 4.98 Å². The smallest absolute Gasteiger partial charge is 0.316 e. The summed E-state index contributed by atoms with van der Waals surface area (Å²) in [6, 6.07) is 17.0. The fraction of sp³-hybridized carbons (Fsp3) is 0. The highest BCUT2D eigenvalue weighted by Crippen LogP contribution is 2.24. The summed E-state index contributed by atoms with van der Waals surface area (Å²) in [7, 11) is 0. The van der Waals surface area contributed by atoms with Crippen molar-refractivity contribution in [3.63, 3.8) is 0 Å². The zero-order valence-corrected chi connectivity index (χ0v) is 10.7. The van der Waals surface area contributed by atoms with E-state index in [9.17, 15) is 4.79 Å². The summed E-state index contributed by atoms with van der Waals surface area (Å²) in [5.41, 5.74) is 8.73. The summed E-state index contributed by atoms with van der Waals surface area (Å²) < 4.78 is 0. The molecule has 3 N–H and O–H groups in total. The van der Waals surface area contributed by atoms with Crippen molar-refractivity contribution in [3.05, 3.63) is 60.8 Å². The number of pyridine rings is 1. The Morgan fingerprint density at radius 2 is 1.85 bits per heavy atom. The molecule has 2 amide bonds. The van der Waals surface area contributed by atoms with Gasteiger partial charge in [-0.2, -0.15) is 0 Å². The third-order valence-electron chi connectivity index (χ3n) is 3.05. The molecule has 0 unspecified atom stereocenters. The lowest BCUT2D eigenvalue weighted by Crippen LogP contribution is -2.19. The topological polar surface area (TPSA) is 68.0 Å². The Morgan fingerprint density at radius 1 is 1.00 bits per heavy atom. The van der Waals surface area contributed by atoms with Crippen molar-refractivity contribution in [2.45, 2.75) is 0 Å². The molecule has 2 aromatic carbocycles. The van der Waals surface area contributed by atoms with Gasteiger partial charge in [0.15, 0.2) is 0 Å². The van der Waals surface area contributed by atoms with Crippen LogP contribution in [0.4, 0.5) is 10.5 Å². The number of amides is 2. The molecule has 3 aromatic rings. The number of aromatic nitrogens is 1. The minimum atomic E-state index is -0.571. The molecule has 0 spiro atoms. The molecule has 4 heteroatoms. The maximum absolute atomic E-state index is 10.9. The predicted molar refractivity (Wildman–Crippen MR) is 80.4 cm³/mol. The van der Waals surface area contributed by atoms with Gasteiger partial charge in [0.2, 0.25) is 0 Å². The number of carbonyl (C=O) groups excluding carboxylic acids is 1. The van der Waals surface area contributed by atoms with Crippen LogP contribution in [0.15, 0.2) is 60.8 Å². The molecule has 20 heavy (non-hydrogen) atoms. The van der Waals surface area contributed by atoms with Gasteiger partial charge < -0.3 is 11.1 Å².